The normalized spacial score (nSPS) is 12.7. The second-order valence-corrected chi connectivity index (χ2v) is 6.56. The van der Waals surface area contributed by atoms with Crippen molar-refractivity contribution in [3.63, 3.8) is 0 Å². The predicted molar refractivity (Wildman–Crippen MR) is 81.7 cm³/mol. The van der Waals surface area contributed by atoms with E-state index in [0.29, 0.717) is 0 Å². The summed E-state index contributed by atoms with van der Waals surface area (Å²) in [6, 6.07) is 0. The molecule has 0 bridgehead atoms. The minimum absolute atomic E-state index is 1.16. The van der Waals surface area contributed by atoms with Gasteiger partial charge in [0.25, 0.3) is 0 Å². The fourth-order valence-electron chi connectivity index (χ4n) is 2.08. The van der Waals surface area contributed by atoms with Crippen molar-refractivity contribution in [1.29, 1.82) is 0 Å². The van der Waals surface area contributed by atoms with Crippen LogP contribution >= 0.6 is 0 Å². The lowest BCUT2D eigenvalue weighted by molar-refractivity contribution is -0.890. The Morgan fingerprint density at radius 2 is 1.33 bits per heavy atom. The Hall–Kier alpha value is -0.120. The number of unbranched alkanes of at least 4 members (excludes halogenated alkanes) is 3. The van der Waals surface area contributed by atoms with Crippen LogP contribution in [0.4, 0.5) is 0 Å². The zero-order chi connectivity index (χ0) is 14.0. The maximum Gasteiger partial charge on any atom is 0.0794 e. The molecule has 0 aromatic heterocycles. The summed E-state index contributed by atoms with van der Waals surface area (Å²) in [7, 11) is 13.3. The number of rotatable bonds is 11. The van der Waals surface area contributed by atoms with Crippen LogP contribution < -0.4 is 0 Å². The molecule has 1 radical (unpaired) electrons. The predicted octanol–water partition coefficient (Wildman–Crippen LogP) is 1.95. The van der Waals surface area contributed by atoms with Gasteiger partial charge in [0.2, 0.25) is 0 Å². The highest BCUT2D eigenvalue weighted by atomic mass is 15.3. The minimum atomic E-state index is 1.16. The standard InChI is InChI=1S/C15H35N3/c1-16(2)12-9-7-8-10-14-18(5,6)15-11-13-17(3)4/h7H,8-15H2,1-6H3/q+1. The Kier molecular flexibility index (Phi) is 9.70. The van der Waals surface area contributed by atoms with Crippen molar-refractivity contribution in [3.8, 4) is 0 Å². The van der Waals surface area contributed by atoms with Crippen LogP contribution in [0.5, 0.6) is 0 Å². The third kappa shape index (κ3) is 12.3. The van der Waals surface area contributed by atoms with E-state index in [9.17, 15) is 0 Å². The van der Waals surface area contributed by atoms with Gasteiger partial charge in [0, 0.05) is 13.0 Å². The largest absolute Gasteiger partial charge is 0.328 e. The zero-order valence-electron chi connectivity index (χ0n) is 13.6. The first kappa shape index (κ1) is 17.9. The Balaban J connectivity index is 3.46. The van der Waals surface area contributed by atoms with Crippen molar-refractivity contribution in [2.75, 3.05) is 68.5 Å². The molecule has 0 unspecified atom stereocenters. The van der Waals surface area contributed by atoms with Crippen molar-refractivity contribution in [2.45, 2.75) is 25.7 Å². The summed E-state index contributed by atoms with van der Waals surface area (Å²) in [5.74, 6) is 0. The smallest absolute Gasteiger partial charge is 0.0794 e. The summed E-state index contributed by atoms with van der Waals surface area (Å²) in [5, 5.41) is 0. The molecule has 0 N–H and O–H groups in total. The monoisotopic (exact) mass is 257 g/mol. The van der Waals surface area contributed by atoms with Gasteiger partial charge in [0.15, 0.2) is 0 Å². The van der Waals surface area contributed by atoms with E-state index in [0.717, 1.165) is 4.48 Å². The van der Waals surface area contributed by atoms with Crippen molar-refractivity contribution in [2.24, 2.45) is 0 Å². The van der Waals surface area contributed by atoms with E-state index in [2.05, 4.69) is 58.5 Å². The average Bonchev–Trinajstić information content (AvgIpc) is 2.21. The molecule has 0 heterocycles. The molecule has 0 aromatic carbocycles. The van der Waals surface area contributed by atoms with Gasteiger partial charge in [-0.05, 0) is 60.4 Å². The fraction of sp³-hybridized carbons (Fsp3) is 0.933. The highest BCUT2D eigenvalue weighted by Crippen LogP contribution is 2.06. The van der Waals surface area contributed by atoms with Crippen molar-refractivity contribution >= 4 is 0 Å². The minimum Gasteiger partial charge on any atom is -0.328 e. The summed E-state index contributed by atoms with van der Waals surface area (Å²) in [6.45, 7) is 4.97. The first-order valence-corrected chi connectivity index (χ1v) is 7.26. The van der Waals surface area contributed by atoms with E-state index in [1.807, 2.05) is 0 Å². The third-order valence-electron chi connectivity index (χ3n) is 3.32. The second kappa shape index (κ2) is 9.76. The van der Waals surface area contributed by atoms with E-state index in [-0.39, 0.29) is 0 Å². The van der Waals surface area contributed by atoms with E-state index in [1.165, 1.54) is 51.9 Å². The van der Waals surface area contributed by atoms with Crippen LogP contribution in [0.25, 0.3) is 0 Å². The Morgan fingerprint density at radius 1 is 0.778 bits per heavy atom. The molecule has 0 aliphatic carbocycles. The summed E-state index contributed by atoms with van der Waals surface area (Å²) in [4.78, 5) is 4.52. The van der Waals surface area contributed by atoms with Crippen LogP contribution in [-0.4, -0.2) is 82.7 Å². The second-order valence-electron chi connectivity index (χ2n) is 6.56. The molecule has 3 heteroatoms. The maximum atomic E-state index is 2.44. The van der Waals surface area contributed by atoms with Gasteiger partial charge >= 0.3 is 0 Å². The van der Waals surface area contributed by atoms with Crippen LogP contribution in [-0.2, 0) is 0 Å². The molecule has 0 amide bonds. The van der Waals surface area contributed by atoms with Gasteiger partial charge in [-0.25, -0.2) is 0 Å². The molecule has 0 atom stereocenters. The van der Waals surface area contributed by atoms with Crippen LogP contribution in [0.15, 0.2) is 0 Å². The molecule has 0 aromatic rings. The van der Waals surface area contributed by atoms with Crippen LogP contribution in [0, 0.1) is 6.42 Å². The number of hydrogen-bond donors (Lipinski definition) is 0. The van der Waals surface area contributed by atoms with Crippen LogP contribution in [0.1, 0.15) is 25.7 Å². The Bertz CT molecular complexity index is 188. The highest BCUT2D eigenvalue weighted by molar-refractivity contribution is 4.65. The molecule has 0 spiro atoms. The van der Waals surface area contributed by atoms with E-state index >= 15 is 0 Å². The van der Waals surface area contributed by atoms with Crippen molar-refractivity contribution in [3.05, 3.63) is 6.42 Å². The molecule has 3 nitrogen and oxygen atoms in total. The number of nitrogens with zero attached hydrogens (tertiary/aromatic N) is 3. The summed E-state index contributed by atoms with van der Waals surface area (Å²) < 4.78 is 1.16. The zero-order valence-corrected chi connectivity index (χ0v) is 13.6. The fourth-order valence-corrected chi connectivity index (χ4v) is 2.08. The quantitative estimate of drug-likeness (QED) is 0.412. The molecular formula is C15H35N3+. The van der Waals surface area contributed by atoms with Gasteiger partial charge in [-0.3, -0.25) is 0 Å². The average molecular weight is 257 g/mol. The van der Waals surface area contributed by atoms with Gasteiger partial charge < -0.3 is 14.3 Å². The number of hydrogen-bond acceptors (Lipinski definition) is 2. The molecule has 0 saturated carbocycles. The van der Waals surface area contributed by atoms with E-state index in [1.54, 1.807) is 0 Å². The van der Waals surface area contributed by atoms with Gasteiger partial charge in [-0.15, -0.1) is 0 Å². The Morgan fingerprint density at radius 3 is 1.89 bits per heavy atom. The summed E-state index contributed by atoms with van der Waals surface area (Å²) >= 11 is 0. The lowest BCUT2D eigenvalue weighted by Gasteiger charge is -2.30. The molecule has 0 saturated heterocycles. The molecule has 0 fully saturated rings. The van der Waals surface area contributed by atoms with Crippen molar-refractivity contribution in [1.82, 2.24) is 9.80 Å². The topological polar surface area (TPSA) is 6.48 Å². The summed E-state index contributed by atoms with van der Waals surface area (Å²) in [6.07, 6.45) is 7.55. The van der Waals surface area contributed by atoms with Gasteiger partial charge in [0.05, 0.1) is 27.2 Å². The maximum absolute atomic E-state index is 2.44. The molecule has 109 valence electrons. The summed E-state index contributed by atoms with van der Waals surface area (Å²) in [5.41, 5.74) is 0. The van der Waals surface area contributed by atoms with Gasteiger partial charge in [0.1, 0.15) is 0 Å². The lowest BCUT2D eigenvalue weighted by atomic mass is 10.1. The van der Waals surface area contributed by atoms with Crippen molar-refractivity contribution < 1.29 is 4.48 Å². The molecular weight excluding hydrogens is 222 g/mol. The molecule has 0 aliphatic heterocycles. The van der Waals surface area contributed by atoms with Gasteiger partial charge in [-0.1, -0.05) is 0 Å². The number of quaternary nitrogens is 1. The highest BCUT2D eigenvalue weighted by Gasteiger charge is 2.13. The van der Waals surface area contributed by atoms with E-state index in [4.69, 9.17) is 0 Å². The molecule has 18 heavy (non-hydrogen) atoms. The lowest BCUT2D eigenvalue weighted by Crippen LogP contribution is -2.42. The van der Waals surface area contributed by atoms with Crippen LogP contribution in [0.2, 0.25) is 0 Å². The molecule has 0 aliphatic rings. The van der Waals surface area contributed by atoms with E-state index < -0.39 is 0 Å². The Labute approximate surface area is 115 Å². The van der Waals surface area contributed by atoms with Gasteiger partial charge in [-0.2, -0.15) is 0 Å². The SMILES string of the molecule is CN(C)CC[CH]CCC[N+](C)(C)CCCN(C)C. The first-order chi connectivity index (χ1) is 8.33. The first-order valence-electron chi connectivity index (χ1n) is 7.26. The third-order valence-corrected chi connectivity index (χ3v) is 3.32. The van der Waals surface area contributed by atoms with Crippen LogP contribution in [0.3, 0.4) is 0 Å². The molecule has 0 rings (SSSR count).